The van der Waals surface area contributed by atoms with Crippen molar-refractivity contribution in [1.82, 2.24) is 0 Å². The second-order valence-electron chi connectivity index (χ2n) is 14.6. The van der Waals surface area contributed by atoms with Crippen LogP contribution in [0.25, 0.3) is 0 Å². The van der Waals surface area contributed by atoms with Gasteiger partial charge >= 0.3 is 25.7 Å². The molecule has 12 nitrogen and oxygen atoms in total. The fraction of sp³-hybridized carbons (Fsp3) is 0.674. The molecule has 0 bridgehead atoms. The highest BCUT2D eigenvalue weighted by molar-refractivity contribution is 7.47. The van der Waals surface area contributed by atoms with Gasteiger partial charge in [-0.15, -0.1) is 0 Å². The zero-order valence-corrected chi connectivity index (χ0v) is 37.1. The van der Waals surface area contributed by atoms with Crippen molar-refractivity contribution in [3.8, 4) is 0 Å². The van der Waals surface area contributed by atoms with E-state index in [0.717, 1.165) is 51.4 Å². The number of aliphatic hydroxyl groups excluding tert-OH is 1. The van der Waals surface area contributed by atoms with Crippen molar-refractivity contribution in [2.75, 3.05) is 19.8 Å². The number of nitrogens with two attached hydrogens (primary N) is 1. The van der Waals surface area contributed by atoms with Gasteiger partial charge in [-0.3, -0.25) is 23.4 Å². The van der Waals surface area contributed by atoms with E-state index < -0.39 is 63.8 Å². The maximum absolute atomic E-state index is 12.6. The number of hydrogen-bond acceptors (Lipinski definition) is 10. The Bertz CT molecular complexity index is 1290. The van der Waals surface area contributed by atoms with Gasteiger partial charge in [-0.1, -0.05) is 151 Å². The highest BCUT2D eigenvalue weighted by Crippen LogP contribution is 2.43. The van der Waals surface area contributed by atoms with E-state index in [1.165, 1.54) is 57.8 Å². The second kappa shape index (κ2) is 40.3. The summed E-state index contributed by atoms with van der Waals surface area (Å²) in [6.07, 6.45) is 44.5. The van der Waals surface area contributed by atoms with E-state index in [0.29, 0.717) is 25.7 Å². The van der Waals surface area contributed by atoms with Crippen molar-refractivity contribution in [1.29, 1.82) is 0 Å². The first kappa shape index (κ1) is 55.9. The lowest BCUT2D eigenvalue weighted by molar-refractivity contribution is -0.161. The third-order valence-corrected chi connectivity index (χ3v) is 9.96. The van der Waals surface area contributed by atoms with Crippen LogP contribution in [0.4, 0.5) is 0 Å². The molecule has 0 aliphatic rings. The number of carboxylic acid groups (broad SMARTS) is 1. The molecule has 0 aliphatic heterocycles. The fourth-order valence-electron chi connectivity index (χ4n) is 5.53. The standard InChI is InChI=1S/C46H78NO11P/c1-3-5-7-8-9-10-11-12-13-14-15-16-21-24-27-30-33-37-45(50)58-42(39-56-59(53,54)57-40-43(47)46(51)52)38-55-44(49)36-32-29-26-23-20-18-17-19-22-25-28-31-35-41(48)34-6-4-2/h6,12-13,17-18,22-23,25-26,28,31,34,41-43,48H,3-5,7-11,14-16,19-21,24,27,29-30,32-33,35-40,47H2,1-2H3,(H,51,52)(H,53,54)/b13-12-,18-17-,25-22-,26-23-,31-28+,34-6-/t41?,42-,43+/m1/s1. The van der Waals surface area contributed by atoms with E-state index in [1.54, 1.807) is 6.08 Å². The normalized spacial score (nSPS) is 14.9. The summed E-state index contributed by atoms with van der Waals surface area (Å²) in [6, 6.07) is -1.54. The minimum absolute atomic E-state index is 0.122. The number of aliphatic hydroxyl groups is 1. The maximum Gasteiger partial charge on any atom is 0.472 e. The van der Waals surface area contributed by atoms with E-state index in [9.17, 15) is 28.9 Å². The van der Waals surface area contributed by atoms with Crippen molar-refractivity contribution in [2.24, 2.45) is 5.73 Å². The van der Waals surface area contributed by atoms with Crippen LogP contribution < -0.4 is 5.73 Å². The number of carbonyl (C=O) groups is 3. The molecular formula is C46H78NO11P. The summed E-state index contributed by atoms with van der Waals surface area (Å²) in [5.74, 6) is -2.49. The van der Waals surface area contributed by atoms with Crippen LogP contribution in [-0.2, 0) is 37.5 Å². The van der Waals surface area contributed by atoms with E-state index in [2.05, 4.69) is 35.8 Å². The summed E-state index contributed by atoms with van der Waals surface area (Å²) in [7, 11) is -4.74. The molecule has 0 radical (unpaired) electrons. The lowest BCUT2D eigenvalue weighted by Crippen LogP contribution is -2.34. The topological polar surface area (TPSA) is 192 Å². The Morgan fingerprint density at radius 1 is 0.627 bits per heavy atom. The van der Waals surface area contributed by atoms with Gasteiger partial charge in [-0.25, -0.2) is 4.57 Å². The summed E-state index contributed by atoms with van der Waals surface area (Å²) < 4.78 is 32.6. The smallest absolute Gasteiger partial charge is 0.472 e. The number of rotatable bonds is 40. The Balaban J connectivity index is 4.49. The van der Waals surface area contributed by atoms with E-state index in [4.69, 9.17) is 24.8 Å². The number of phosphoric acid groups is 1. The van der Waals surface area contributed by atoms with Crippen LogP contribution in [0.1, 0.15) is 162 Å². The van der Waals surface area contributed by atoms with Crippen LogP contribution in [0.15, 0.2) is 72.9 Å². The molecule has 0 aromatic heterocycles. The van der Waals surface area contributed by atoms with Crippen molar-refractivity contribution in [3.63, 3.8) is 0 Å². The van der Waals surface area contributed by atoms with E-state index in [-0.39, 0.29) is 12.8 Å². The molecule has 0 aliphatic carbocycles. The highest BCUT2D eigenvalue weighted by atomic mass is 31.2. The van der Waals surface area contributed by atoms with Gasteiger partial charge in [-0.05, 0) is 70.6 Å². The minimum atomic E-state index is -4.74. The third-order valence-electron chi connectivity index (χ3n) is 9.01. The minimum Gasteiger partial charge on any atom is -0.480 e. The number of ether oxygens (including phenoxy) is 2. The maximum atomic E-state index is 12.6. The number of aliphatic carboxylic acids is 1. The molecule has 0 spiro atoms. The number of carbonyl (C=O) groups excluding carboxylic acids is 2. The fourth-order valence-corrected chi connectivity index (χ4v) is 6.30. The first-order valence-corrected chi connectivity index (χ1v) is 23.6. The quantitative estimate of drug-likeness (QED) is 0.0150. The van der Waals surface area contributed by atoms with Gasteiger partial charge in [-0.2, -0.15) is 0 Å². The molecule has 59 heavy (non-hydrogen) atoms. The van der Waals surface area contributed by atoms with Crippen molar-refractivity contribution in [2.45, 2.75) is 180 Å². The third kappa shape index (κ3) is 40.1. The molecule has 5 N–H and O–H groups in total. The Morgan fingerprint density at radius 3 is 1.80 bits per heavy atom. The number of carboxylic acids is 1. The molecule has 0 fully saturated rings. The molecule has 0 rings (SSSR count). The SMILES string of the molecule is CC/C=C\C(O)C/C=C/C=C\C/C=C\C/C=C\CCCC(=O)OC[C@H](COP(=O)(O)OC[C@H](N)C(=O)O)OC(=O)CCCCCCCCC/C=C\CCCCCCCC. The monoisotopic (exact) mass is 852 g/mol. The summed E-state index contributed by atoms with van der Waals surface area (Å²) >= 11 is 0. The summed E-state index contributed by atoms with van der Waals surface area (Å²) in [5, 5.41) is 18.6. The number of hydrogen-bond donors (Lipinski definition) is 4. The van der Waals surface area contributed by atoms with Crippen molar-refractivity contribution >= 4 is 25.7 Å². The van der Waals surface area contributed by atoms with Gasteiger partial charge in [0.15, 0.2) is 6.10 Å². The number of allylic oxidation sites excluding steroid dienone is 10. The Kier molecular flexibility index (Phi) is 38.2. The number of unbranched alkanes of at least 4 members (excludes halogenated alkanes) is 14. The lowest BCUT2D eigenvalue weighted by atomic mass is 10.1. The molecule has 13 heteroatoms. The Morgan fingerprint density at radius 2 is 1.15 bits per heavy atom. The lowest BCUT2D eigenvalue weighted by Gasteiger charge is -2.20. The van der Waals surface area contributed by atoms with Crippen LogP contribution in [0.2, 0.25) is 0 Å². The van der Waals surface area contributed by atoms with Crippen LogP contribution in [0, 0.1) is 0 Å². The molecule has 338 valence electrons. The largest absolute Gasteiger partial charge is 0.480 e. The highest BCUT2D eigenvalue weighted by Gasteiger charge is 2.28. The van der Waals surface area contributed by atoms with Crippen molar-refractivity contribution < 1.29 is 52.6 Å². The summed E-state index contributed by atoms with van der Waals surface area (Å²) in [5.41, 5.74) is 5.33. The first-order valence-electron chi connectivity index (χ1n) is 22.1. The average Bonchev–Trinajstić information content (AvgIpc) is 3.21. The zero-order valence-electron chi connectivity index (χ0n) is 36.2. The van der Waals surface area contributed by atoms with Gasteiger partial charge in [0, 0.05) is 12.8 Å². The van der Waals surface area contributed by atoms with Crippen LogP contribution in [-0.4, -0.2) is 71.1 Å². The van der Waals surface area contributed by atoms with Crippen LogP contribution >= 0.6 is 7.82 Å². The molecule has 0 heterocycles. The van der Waals surface area contributed by atoms with E-state index in [1.807, 2.05) is 49.5 Å². The predicted molar refractivity (Wildman–Crippen MR) is 237 cm³/mol. The molecular weight excluding hydrogens is 773 g/mol. The van der Waals surface area contributed by atoms with Crippen LogP contribution in [0.5, 0.6) is 0 Å². The van der Waals surface area contributed by atoms with Crippen LogP contribution in [0.3, 0.4) is 0 Å². The van der Waals surface area contributed by atoms with Gasteiger partial charge in [0.05, 0.1) is 19.3 Å². The molecule has 0 saturated heterocycles. The molecule has 0 aromatic carbocycles. The average molecular weight is 852 g/mol. The Labute approximate surface area is 355 Å². The number of esters is 2. The van der Waals surface area contributed by atoms with Gasteiger partial charge < -0.3 is 30.3 Å². The predicted octanol–water partition coefficient (Wildman–Crippen LogP) is 10.7. The van der Waals surface area contributed by atoms with Gasteiger partial charge in [0.25, 0.3) is 0 Å². The van der Waals surface area contributed by atoms with Gasteiger partial charge in [0.2, 0.25) is 0 Å². The molecule has 0 amide bonds. The summed E-state index contributed by atoms with van der Waals surface area (Å²) in [6.45, 7) is 2.48. The molecule has 4 atom stereocenters. The molecule has 0 aromatic rings. The Hall–Kier alpha value is -3.12. The van der Waals surface area contributed by atoms with E-state index >= 15 is 0 Å². The van der Waals surface area contributed by atoms with Crippen molar-refractivity contribution in [3.05, 3.63) is 72.9 Å². The first-order chi connectivity index (χ1) is 28.5. The molecule has 0 saturated carbocycles. The second-order valence-corrected chi connectivity index (χ2v) is 16.1. The molecule has 2 unspecified atom stereocenters. The number of phosphoric ester groups is 1. The summed E-state index contributed by atoms with van der Waals surface area (Å²) in [4.78, 5) is 46.0. The zero-order chi connectivity index (χ0) is 43.7. The van der Waals surface area contributed by atoms with Gasteiger partial charge in [0.1, 0.15) is 12.6 Å².